The summed E-state index contributed by atoms with van der Waals surface area (Å²) in [7, 11) is 2.22. The van der Waals surface area contributed by atoms with E-state index >= 15 is 0 Å². The lowest BCUT2D eigenvalue weighted by molar-refractivity contribution is 0.319. The lowest BCUT2D eigenvalue weighted by Crippen LogP contribution is -2.18. The number of hydrogen-bond acceptors (Lipinski definition) is 2. The lowest BCUT2D eigenvalue weighted by Gasteiger charge is -2.15. The van der Waals surface area contributed by atoms with E-state index in [0.29, 0.717) is 0 Å². The van der Waals surface area contributed by atoms with Crippen LogP contribution in [0.5, 0.6) is 0 Å². The van der Waals surface area contributed by atoms with Gasteiger partial charge in [-0.15, -0.1) is 11.3 Å². The average Bonchev–Trinajstić information content (AvgIpc) is 2.70. The van der Waals surface area contributed by atoms with Crippen molar-refractivity contribution in [3.63, 3.8) is 0 Å². The number of thiophene rings is 1. The first-order valence-electron chi connectivity index (χ1n) is 6.04. The van der Waals surface area contributed by atoms with Gasteiger partial charge in [0, 0.05) is 11.4 Å². The molecule has 0 aliphatic heterocycles. The van der Waals surface area contributed by atoms with Gasteiger partial charge in [-0.1, -0.05) is 38.7 Å². The van der Waals surface area contributed by atoms with E-state index in [1.165, 1.54) is 43.5 Å². The van der Waals surface area contributed by atoms with E-state index in [9.17, 15) is 0 Å². The minimum atomic E-state index is 1.12. The monoisotopic (exact) mass is 225 g/mol. The number of unbranched alkanes of at least 4 members (excludes halogenated alkanes) is 4. The van der Waals surface area contributed by atoms with Crippen molar-refractivity contribution in [2.75, 3.05) is 13.6 Å². The number of rotatable bonds is 8. The van der Waals surface area contributed by atoms with Crippen LogP contribution in [0.3, 0.4) is 0 Å². The number of hydrogen-bond donors (Lipinski definition) is 0. The molecule has 0 N–H and O–H groups in total. The van der Waals surface area contributed by atoms with E-state index in [0.717, 1.165) is 6.54 Å². The summed E-state index contributed by atoms with van der Waals surface area (Å²) in [5.41, 5.74) is 0. The molecule has 0 saturated carbocycles. The maximum Gasteiger partial charge on any atom is 0.0324 e. The largest absolute Gasteiger partial charge is 0.301 e. The third-order valence-electron chi connectivity index (χ3n) is 2.65. The van der Waals surface area contributed by atoms with E-state index < -0.39 is 0 Å². The van der Waals surface area contributed by atoms with E-state index in [4.69, 9.17) is 0 Å². The molecule has 1 rings (SSSR count). The first-order chi connectivity index (χ1) is 7.33. The molecule has 0 bridgehead atoms. The maximum atomic E-state index is 2.43. The Morgan fingerprint density at radius 2 is 2.00 bits per heavy atom. The van der Waals surface area contributed by atoms with Crippen molar-refractivity contribution >= 4 is 11.3 Å². The Kier molecular flexibility index (Phi) is 6.69. The molecule has 0 aliphatic rings. The Bertz CT molecular complexity index is 231. The van der Waals surface area contributed by atoms with Crippen LogP contribution in [0.25, 0.3) is 0 Å². The van der Waals surface area contributed by atoms with Crippen molar-refractivity contribution in [3.8, 4) is 0 Å². The summed E-state index contributed by atoms with van der Waals surface area (Å²) in [5, 5.41) is 2.16. The fourth-order valence-electron chi connectivity index (χ4n) is 1.73. The predicted octanol–water partition coefficient (Wildman–Crippen LogP) is 4.15. The highest BCUT2D eigenvalue weighted by Crippen LogP contribution is 2.11. The second-order valence-corrected chi connectivity index (χ2v) is 5.26. The maximum absolute atomic E-state index is 2.43. The first kappa shape index (κ1) is 12.7. The Balaban J connectivity index is 2.01. The van der Waals surface area contributed by atoms with Crippen molar-refractivity contribution in [2.24, 2.45) is 0 Å². The van der Waals surface area contributed by atoms with Gasteiger partial charge in [0.15, 0.2) is 0 Å². The molecule has 0 radical (unpaired) electrons. The molecule has 86 valence electrons. The Labute approximate surface area is 98.1 Å². The summed E-state index contributed by atoms with van der Waals surface area (Å²) in [5.74, 6) is 0. The van der Waals surface area contributed by atoms with Crippen LogP contribution in [0.15, 0.2) is 17.5 Å². The molecule has 15 heavy (non-hydrogen) atoms. The zero-order valence-corrected chi connectivity index (χ0v) is 10.9. The zero-order chi connectivity index (χ0) is 10.9. The summed E-state index contributed by atoms with van der Waals surface area (Å²) in [6, 6.07) is 4.35. The molecule has 0 aromatic carbocycles. The van der Waals surface area contributed by atoms with Gasteiger partial charge < -0.3 is 4.90 Å². The molecule has 0 unspecified atom stereocenters. The lowest BCUT2D eigenvalue weighted by atomic mass is 10.1. The van der Waals surface area contributed by atoms with Crippen molar-refractivity contribution in [1.29, 1.82) is 0 Å². The van der Waals surface area contributed by atoms with Crippen LogP contribution in [0.4, 0.5) is 0 Å². The van der Waals surface area contributed by atoms with E-state index in [-0.39, 0.29) is 0 Å². The molecule has 1 aromatic heterocycles. The van der Waals surface area contributed by atoms with Crippen LogP contribution in [0, 0.1) is 0 Å². The van der Waals surface area contributed by atoms with Crippen LogP contribution >= 0.6 is 11.3 Å². The molecule has 0 atom stereocenters. The van der Waals surface area contributed by atoms with Crippen molar-refractivity contribution < 1.29 is 0 Å². The topological polar surface area (TPSA) is 3.24 Å². The van der Waals surface area contributed by atoms with Crippen molar-refractivity contribution in [2.45, 2.75) is 45.6 Å². The predicted molar refractivity (Wildman–Crippen MR) is 69.4 cm³/mol. The minimum absolute atomic E-state index is 1.12. The second kappa shape index (κ2) is 7.89. The highest BCUT2D eigenvalue weighted by Gasteiger charge is 2.00. The molecule has 0 spiro atoms. The van der Waals surface area contributed by atoms with E-state index in [1.807, 2.05) is 11.3 Å². The highest BCUT2D eigenvalue weighted by atomic mass is 32.1. The molecule has 2 heteroatoms. The van der Waals surface area contributed by atoms with Gasteiger partial charge in [0.05, 0.1) is 0 Å². The molecule has 1 aromatic rings. The third-order valence-corrected chi connectivity index (χ3v) is 3.51. The zero-order valence-electron chi connectivity index (χ0n) is 10.0. The van der Waals surface area contributed by atoms with E-state index in [2.05, 4.69) is 36.4 Å². The molecular formula is C13H23NS. The SMILES string of the molecule is CCCCCCCN(C)Cc1cccs1. The van der Waals surface area contributed by atoms with Crippen LogP contribution in [0.1, 0.15) is 43.9 Å². The van der Waals surface area contributed by atoms with Gasteiger partial charge in [0.1, 0.15) is 0 Å². The molecule has 1 heterocycles. The van der Waals surface area contributed by atoms with Gasteiger partial charge >= 0.3 is 0 Å². The molecule has 0 aliphatic carbocycles. The summed E-state index contributed by atoms with van der Waals surface area (Å²) < 4.78 is 0. The quantitative estimate of drug-likeness (QED) is 0.601. The van der Waals surface area contributed by atoms with Crippen molar-refractivity contribution in [1.82, 2.24) is 4.90 Å². The summed E-state index contributed by atoms with van der Waals surface area (Å²) in [6.45, 7) is 4.62. The summed E-state index contributed by atoms with van der Waals surface area (Å²) in [4.78, 5) is 3.91. The Morgan fingerprint density at radius 3 is 2.67 bits per heavy atom. The van der Waals surface area contributed by atoms with Gasteiger partial charge in [-0.2, -0.15) is 0 Å². The molecule has 0 saturated heterocycles. The second-order valence-electron chi connectivity index (χ2n) is 4.23. The Hall–Kier alpha value is -0.340. The van der Waals surface area contributed by atoms with Gasteiger partial charge in [-0.05, 0) is 31.5 Å². The molecule has 0 amide bonds. The van der Waals surface area contributed by atoms with Gasteiger partial charge in [0.25, 0.3) is 0 Å². The highest BCUT2D eigenvalue weighted by molar-refractivity contribution is 7.09. The average molecular weight is 225 g/mol. The fraction of sp³-hybridized carbons (Fsp3) is 0.692. The van der Waals surface area contributed by atoms with Gasteiger partial charge in [0.2, 0.25) is 0 Å². The summed E-state index contributed by atoms with van der Waals surface area (Å²) >= 11 is 1.86. The third kappa shape index (κ3) is 5.95. The van der Waals surface area contributed by atoms with Gasteiger partial charge in [-0.3, -0.25) is 0 Å². The fourth-order valence-corrected chi connectivity index (χ4v) is 2.52. The molecule has 0 fully saturated rings. The van der Waals surface area contributed by atoms with Crippen LogP contribution in [0.2, 0.25) is 0 Å². The van der Waals surface area contributed by atoms with Crippen LogP contribution < -0.4 is 0 Å². The Morgan fingerprint density at radius 1 is 1.20 bits per heavy atom. The first-order valence-corrected chi connectivity index (χ1v) is 6.92. The summed E-state index contributed by atoms with van der Waals surface area (Å²) in [6.07, 6.45) is 6.88. The smallest absolute Gasteiger partial charge is 0.0324 e. The molecule has 1 nitrogen and oxygen atoms in total. The standard InChI is InChI=1S/C13H23NS/c1-3-4-5-6-7-10-14(2)12-13-9-8-11-15-13/h8-9,11H,3-7,10,12H2,1-2H3. The molecular weight excluding hydrogens is 202 g/mol. The minimum Gasteiger partial charge on any atom is -0.301 e. The van der Waals surface area contributed by atoms with Crippen LogP contribution in [-0.4, -0.2) is 18.5 Å². The van der Waals surface area contributed by atoms with E-state index in [1.54, 1.807) is 0 Å². The van der Waals surface area contributed by atoms with Gasteiger partial charge in [-0.25, -0.2) is 0 Å². The normalized spacial score (nSPS) is 11.1. The van der Waals surface area contributed by atoms with Crippen LogP contribution in [-0.2, 0) is 6.54 Å². The number of nitrogens with zero attached hydrogens (tertiary/aromatic N) is 1. The van der Waals surface area contributed by atoms with Crippen molar-refractivity contribution in [3.05, 3.63) is 22.4 Å².